The normalized spacial score (nSPS) is 20.4. The van der Waals surface area contributed by atoms with Crippen molar-refractivity contribution in [1.82, 2.24) is 9.80 Å². The van der Waals surface area contributed by atoms with Crippen LogP contribution in [0.1, 0.15) is 5.56 Å². The first-order valence-electron chi connectivity index (χ1n) is 7.31. The van der Waals surface area contributed by atoms with Crippen molar-refractivity contribution in [2.24, 2.45) is 0 Å². The number of carbonyl (C=O) groups is 3. The highest BCUT2D eigenvalue weighted by Crippen LogP contribution is 2.32. The Morgan fingerprint density at radius 1 is 1.17 bits per heavy atom. The van der Waals surface area contributed by atoms with Crippen molar-refractivity contribution < 1.29 is 19.1 Å². The molecule has 3 amide bonds. The van der Waals surface area contributed by atoms with Crippen molar-refractivity contribution in [3.05, 3.63) is 40.8 Å². The van der Waals surface area contributed by atoms with Crippen molar-refractivity contribution >= 4 is 34.9 Å². The number of amides is 3. The van der Waals surface area contributed by atoms with Crippen molar-refractivity contribution in [3.63, 3.8) is 0 Å². The third kappa shape index (κ3) is 3.62. The van der Waals surface area contributed by atoms with Crippen molar-refractivity contribution in [1.29, 1.82) is 0 Å². The molecule has 0 saturated carbocycles. The minimum absolute atomic E-state index is 0.212. The third-order valence-corrected chi connectivity index (χ3v) is 4.54. The molecule has 3 rings (SSSR count). The lowest BCUT2D eigenvalue weighted by atomic mass is 10.2. The second kappa shape index (κ2) is 6.97. The molecule has 2 fully saturated rings. The lowest BCUT2D eigenvalue weighted by Gasteiger charge is -2.28. The summed E-state index contributed by atoms with van der Waals surface area (Å²) in [5.41, 5.74) is 0.845. The number of benzene rings is 1. The van der Waals surface area contributed by atoms with E-state index < -0.39 is 11.1 Å². The molecule has 120 valence electrons. The summed E-state index contributed by atoms with van der Waals surface area (Å²) in [5.74, 6) is -0.637. The summed E-state index contributed by atoms with van der Waals surface area (Å²) < 4.78 is 5.19. The van der Waals surface area contributed by atoms with Crippen molar-refractivity contribution in [3.8, 4) is 0 Å². The van der Waals surface area contributed by atoms with Crippen LogP contribution < -0.4 is 0 Å². The van der Waals surface area contributed by atoms with Crippen LogP contribution in [0.4, 0.5) is 4.79 Å². The Balaban J connectivity index is 1.69. The minimum atomic E-state index is -0.412. The molecule has 0 unspecified atom stereocenters. The van der Waals surface area contributed by atoms with E-state index in [-0.39, 0.29) is 12.5 Å². The summed E-state index contributed by atoms with van der Waals surface area (Å²) in [6, 6.07) is 9.31. The van der Waals surface area contributed by atoms with Crippen LogP contribution >= 0.6 is 11.8 Å². The van der Waals surface area contributed by atoms with Gasteiger partial charge in [0.1, 0.15) is 6.54 Å². The predicted octanol–water partition coefficient (Wildman–Crippen LogP) is 1.58. The SMILES string of the molecule is O=C(CN1C(=O)S/C(=C\c2ccccc2)C1=O)N1CCOCC1. The van der Waals surface area contributed by atoms with Crippen LogP contribution in [0.25, 0.3) is 6.08 Å². The van der Waals surface area contributed by atoms with Gasteiger partial charge < -0.3 is 9.64 Å². The highest BCUT2D eigenvalue weighted by atomic mass is 32.2. The zero-order chi connectivity index (χ0) is 16.2. The second-order valence-corrected chi connectivity index (χ2v) is 6.16. The van der Waals surface area contributed by atoms with Gasteiger partial charge in [0.15, 0.2) is 0 Å². The first-order valence-corrected chi connectivity index (χ1v) is 8.13. The molecule has 2 aliphatic heterocycles. The van der Waals surface area contributed by atoms with E-state index in [4.69, 9.17) is 4.74 Å². The molecule has 0 N–H and O–H groups in total. The molecule has 0 radical (unpaired) electrons. The maximum absolute atomic E-state index is 12.4. The monoisotopic (exact) mass is 332 g/mol. The topological polar surface area (TPSA) is 66.9 Å². The number of carbonyl (C=O) groups excluding carboxylic acids is 3. The van der Waals surface area contributed by atoms with E-state index in [1.165, 1.54) is 0 Å². The molecule has 7 heteroatoms. The largest absolute Gasteiger partial charge is 0.378 e. The number of rotatable bonds is 3. The number of nitrogens with zero attached hydrogens (tertiary/aromatic N) is 2. The molecular formula is C16H16N2O4S. The molecule has 2 heterocycles. The van der Waals surface area contributed by atoms with E-state index in [9.17, 15) is 14.4 Å². The van der Waals surface area contributed by atoms with Crippen LogP contribution in [-0.4, -0.2) is 59.7 Å². The molecule has 0 spiro atoms. The number of hydrogen-bond acceptors (Lipinski definition) is 5. The highest BCUT2D eigenvalue weighted by Gasteiger charge is 2.37. The highest BCUT2D eigenvalue weighted by molar-refractivity contribution is 8.18. The quantitative estimate of drug-likeness (QED) is 0.786. The van der Waals surface area contributed by atoms with Gasteiger partial charge in [-0.3, -0.25) is 19.3 Å². The molecule has 1 aromatic rings. The predicted molar refractivity (Wildman–Crippen MR) is 86.5 cm³/mol. The Labute approximate surface area is 138 Å². The standard InChI is InChI=1S/C16H16N2O4S/c19-14(17-6-8-22-9-7-17)11-18-15(20)13(23-16(18)21)10-12-4-2-1-3-5-12/h1-5,10H,6-9,11H2/b13-10-. The molecule has 0 bridgehead atoms. The molecule has 6 nitrogen and oxygen atoms in total. The molecule has 0 atom stereocenters. The fourth-order valence-corrected chi connectivity index (χ4v) is 3.22. The first-order chi connectivity index (χ1) is 11.1. The van der Waals surface area contributed by atoms with Gasteiger partial charge in [-0.05, 0) is 23.4 Å². The smallest absolute Gasteiger partial charge is 0.294 e. The van der Waals surface area contributed by atoms with E-state index in [1.54, 1.807) is 11.0 Å². The summed E-state index contributed by atoms with van der Waals surface area (Å²) in [7, 11) is 0. The lowest BCUT2D eigenvalue weighted by molar-refractivity contribution is -0.139. The molecule has 0 aromatic heterocycles. The minimum Gasteiger partial charge on any atom is -0.378 e. The number of hydrogen-bond donors (Lipinski definition) is 0. The van der Waals surface area contributed by atoms with Gasteiger partial charge in [-0.1, -0.05) is 30.3 Å². The summed E-state index contributed by atoms with van der Waals surface area (Å²) in [4.78, 5) is 39.6. The number of imide groups is 1. The zero-order valence-electron chi connectivity index (χ0n) is 12.4. The lowest BCUT2D eigenvalue weighted by Crippen LogP contribution is -2.46. The van der Waals surface area contributed by atoms with Crippen LogP contribution in [-0.2, 0) is 14.3 Å². The Kier molecular flexibility index (Phi) is 4.78. The molecule has 23 heavy (non-hydrogen) atoms. The molecule has 2 aliphatic rings. The second-order valence-electron chi connectivity index (χ2n) is 5.17. The Bertz CT molecular complexity index is 653. The molecule has 0 aliphatic carbocycles. The number of thioether (sulfide) groups is 1. The number of morpholine rings is 1. The van der Waals surface area contributed by atoms with Gasteiger partial charge in [0, 0.05) is 13.1 Å². The van der Waals surface area contributed by atoms with Gasteiger partial charge in [-0.25, -0.2) is 0 Å². The fourth-order valence-electron chi connectivity index (χ4n) is 2.38. The molecular weight excluding hydrogens is 316 g/mol. The van der Waals surface area contributed by atoms with Crippen LogP contribution in [0.15, 0.2) is 35.2 Å². The summed E-state index contributed by atoms with van der Waals surface area (Å²) >= 11 is 0.868. The maximum Gasteiger partial charge on any atom is 0.294 e. The van der Waals surface area contributed by atoms with Gasteiger partial charge in [-0.15, -0.1) is 0 Å². The van der Waals surface area contributed by atoms with Gasteiger partial charge in [-0.2, -0.15) is 0 Å². The molecule has 2 saturated heterocycles. The Hall–Kier alpha value is -2.12. The average Bonchev–Trinajstić information content (AvgIpc) is 2.84. The summed E-state index contributed by atoms with van der Waals surface area (Å²) in [6.45, 7) is 1.75. The fraction of sp³-hybridized carbons (Fsp3) is 0.312. The summed E-state index contributed by atoms with van der Waals surface area (Å²) in [5, 5.41) is -0.404. The van der Waals surface area contributed by atoms with Gasteiger partial charge in [0.25, 0.3) is 11.1 Å². The van der Waals surface area contributed by atoms with Crippen LogP contribution in [0.5, 0.6) is 0 Å². The van der Waals surface area contributed by atoms with E-state index in [1.807, 2.05) is 30.3 Å². The van der Waals surface area contributed by atoms with Crippen LogP contribution in [0.3, 0.4) is 0 Å². The van der Waals surface area contributed by atoms with Crippen LogP contribution in [0.2, 0.25) is 0 Å². The summed E-state index contributed by atoms with van der Waals surface area (Å²) in [6.07, 6.45) is 1.67. The first kappa shape index (κ1) is 15.8. The third-order valence-electron chi connectivity index (χ3n) is 3.63. The van der Waals surface area contributed by atoms with E-state index >= 15 is 0 Å². The van der Waals surface area contributed by atoms with Crippen molar-refractivity contribution in [2.75, 3.05) is 32.8 Å². The average molecular weight is 332 g/mol. The van der Waals surface area contributed by atoms with Gasteiger partial charge in [0.05, 0.1) is 18.1 Å². The zero-order valence-corrected chi connectivity index (χ0v) is 13.3. The van der Waals surface area contributed by atoms with Gasteiger partial charge >= 0.3 is 0 Å². The number of ether oxygens (including phenoxy) is 1. The maximum atomic E-state index is 12.4. The van der Waals surface area contributed by atoms with E-state index in [2.05, 4.69) is 0 Å². The van der Waals surface area contributed by atoms with Crippen LogP contribution in [0, 0.1) is 0 Å². The molecule has 1 aromatic carbocycles. The van der Waals surface area contributed by atoms with Crippen molar-refractivity contribution in [2.45, 2.75) is 0 Å². The Morgan fingerprint density at radius 3 is 2.57 bits per heavy atom. The van der Waals surface area contributed by atoms with E-state index in [0.717, 1.165) is 22.2 Å². The van der Waals surface area contributed by atoms with Gasteiger partial charge in [0.2, 0.25) is 5.91 Å². The Morgan fingerprint density at radius 2 is 1.87 bits per heavy atom. The van der Waals surface area contributed by atoms with E-state index in [0.29, 0.717) is 31.2 Å².